The predicted molar refractivity (Wildman–Crippen MR) is 128 cm³/mol. The van der Waals surface area contributed by atoms with E-state index in [1.165, 1.54) is 6.33 Å². The molecule has 1 aliphatic heterocycles. The Bertz CT molecular complexity index is 1470. The van der Waals surface area contributed by atoms with Crippen molar-refractivity contribution in [2.24, 2.45) is 0 Å². The van der Waals surface area contributed by atoms with E-state index in [0.717, 1.165) is 28.8 Å². The number of carbonyl (C=O) groups is 1. The molecule has 3 aromatic heterocycles. The minimum absolute atomic E-state index is 0.0656. The van der Waals surface area contributed by atoms with E-state index in [2.05, 4.69) is 31.8 Å². The van der Waals surface area contributed by atoms with Gasteiger partial charge < -0.3 is 20.4 Å². The van der Waals surface area contributed by atoms with Gasteiger partial charge in [0.1, 0.15) is 29.3 Å². The first-order valence-electron chi connectivity index (χ1n) is 11.1. The number of hydrogen-bond acceptors (Lipinski definition) is 7. The number of ether oxygens (including phenoxy) is 1. The van der Waals surface area contributed by atoms with Crippen LogP contribution in [0, 0.1) is 18.8 Å². The number of likely N-dealkylation sites (tertiary alicyclic amines) is 1. The fourth-order valence-corrected chi connectivity index (χ4v) is 4.12. The van der Waals surface area contributed by atoms with Gasteiger partial charge in [-0.05, 0) is 58.2 Å². The summed E-state index contributed by atoms with van der Waals surface area (Å²) in [7, 11) is 0. The first-order valence-corrected chi connectivity index (χ1v) is 11.1. The molecule has 0 saturated carbocycles. The summed E-state index contributed by atoms with van der Waals surface area (Å²) < 4.78 is 7.33. The van der Waals surface area contributed by atoms with Crippen LogP contribution in [0.5, 0.6) is 0 Å². The molecular formula is C24H26N8O2. The molecule has 0 aliphatic carbocycles. The zero-order valence-electron chi connectivity index (χ0n) is 19.6. The number of carbonyl (C=O) groups excluding carboxylic acids is 1. The van der Waals surface area contributed by atoms with Crippen molar-refractivity contribution in [3.8, 4) is 11.8 Å². The lowest BCUT2D eigenvalue weighted by atomic mass is 10.2. The lowest BCUT2D eigenvalue weighted by Crippen LogP contribution is -2.35. The van der Waals surface area contributed by atoms with Crippen molar-refractivity contribution in [2.45, 2.75) is 45.8 Å². The molecule has 0 bridgehead atoms. The van der Waals surface area contributed by atoms with Crippen LogP contribution in [0.15, 0.2) is 24.5 Å². The highest BCUT2D eigenvalue weighted by atomic mass is 16.6. The first-order chi connectivity index (χ1) is 16.2. The van der Waals surface area contributed by atoms with E-state index >= 15 is 0 Å². The van der Waals surface area contributed by atoms with E-state index in [-0.39, 0.29) is 12.1 Å². The number of aromatic amines is 1. The smallest absolute Gasteiger partial charge is 0.410 e. The number of rotatable bonds is 1. The highest BCUT2D eigenvalue weighted by Crippen LogP contribution is 2.29. The third-order valence-electron chi connectivity index (χ3n) is 5.60. The van der Waals surface area contributed by atoms with Crippen LogP contribution in [0.3, 0.4) is 0 Å². The maximum Gasteiger partial charge on any atom is 0.410 e. The number of anilines is 1. The molecule has 5 rings (SSSR count). The van der Waals surface area contributed by atoms with Crippen molar-refractivity contribution in [1.82, 2.24) is 34.6 Å². The number of aromatic nitrogens is 6. The largest absolute Gasteiger partial charge is 0.444 e. The summed E-state index contributed by atoms with van der Waals surface area (Å²) in [5.74, 6) is 7.49. The van der Waals surface area contributed by atoms with E-state index in [4.69, 9.17) is 15.6 Å². The number of imidazole rings is 1. The number of amides is 1. The fraction of sp³-hybridized carbons (Fsp3) is 0.375. The minimum atomic E-state index is -0.546. The number of hydrogen-bond donors (Lipinski definition) is 2. The quantitative estimate of drug-likeness (QED) is 0.419. The number of nitrogen functional groups attached to an aromatic ring is 1. The summed E-state index contributed by atoms with van der Waals surface area (Å²) >= 11 is 0. The molecule has 10 nitrogen and oxygen atoms in total. The third-order valence-corrected chi connectivity index (χ3v) is 5.60. The highest BCUT2D eigenvalue weighted by molar-refractivity contribution is 5.90. The Balaban J connectivity index is 1.47. The molecule has 1 aromatic carbocycles. The average Bonchev–Trinajstić information content (AvgIpc) is 3.47. The van der Waals surface area contributed by atoms with Gasteiger partial charge in [0.05, 0.1) is 22.5 Å². The number of nitrogens with one attached hydrogen (secondary N) is 1. The first kappa shape index (κ1) is 21.7. The summed E-state index contributed by atoms with van der Waals surface area (Å²) in [6.45, 7) is 8.53. The van der Waals surface area contributed by atoms with E-state index in [9.17, 15) is 4.79 Å². The van der Waals surface area contributed by atoms with Gasteiger partial charge in [-0.2, -0.15) is 5.10 Å². The maximum atomic E-state index is 12.5. The molecule has 1 fully saturated rings. The van der Waals surface area contributed by atoms with E-state index < -0.39 is 5.60 Å². The van der Waals surface area contributed by atoms with Crippen LogP contribution in [-0.2, 0) is 4.74 Å². The van der Waals surface area contributed by atoms with Gasteiger partial charge in [0.25, 0.3) is 0 Å². The summed E-state index contributed by atoms with van der Waals surface area (Å²) in [5, 5.41) is 5.36. The Morgan fingerprint density at radius 2 is 2.09 bits per heavy atom. The zero-order valence-corrected chi connectivity index (χ0v) is 19.6. The second kappa shape index (κ2) is 8.02. The molecule has 0 spiro atoms. The lowest BCUT2D eigenvalue weighted by molar-refractivity contribution is 0.0288. The zero-order chi connectivity index (χ0) is 24.0. The van der Waals surface area contributed by atoms with Crippen molar-refractivity contribution in [3.05, 3.63) is 41.6 Å². The van der Waals surface area contributed by atoms with E-state index in [1.807, 2.05) is 50.6 Å². The summed E-state index contributed by atoms with van der Waals surface area (Å²) in [4.78, 5) is 30.4. The normalized spacial score (nSPS) is 16.1. The van der Waals surface area contributed by atoms with Gasteiger partial charge in [0.15, 0.2) is 5.65 Å². The van der Waals surface area contributed by atoms with Gasteiger partial charge in [-0.3, -0.25) is 0 Å². The van der Waals surface area contributed by atoms with Crippen molar-refractivity contribution < 1.29 is 9.53 Å². The Hall–Kier alpha value is -4.13. The van der Waals surface area contributed by atoms with Gasteiger partial charge in [0, 0.05) is 18.7 Å². The molecule has 1 unspecified atom stereocenters. The van der Waals surface area contributed by atoms with Crippen LogP contribution in [-0.4, -0.2) is 59.4 Å². The van der Waals surface area contributed by atoms with Crippen LogP contribution < -0.4 is 5.73 Å². The molecule has 1 atom stereocenters. The molecule has 4 heterocycles. The van der Waals surface area contributed by atoms with Gasteiger partial charge in [-0.15, -0.1) is 0 Å². The Labute approximate surface area is 196 Å². The monoisotopic (exact) mass is 458 g/mol. The molecule has 34 heavy (non-hydrogen) atoms. The van der Waals surface area contributed by atoms with Crippen LogP contribution in [0.2, 0.25) is 0 Å². The van der Waals surface area contributed by atoms with Crippen LogP contribution in [0.4, 0.5) is 10.6 Å². The number of nitrogens with zero attached hydrogens (tertiary/aromatic N) is 6. The number of aryl methyl sites for hydroxylation is 1. The molecule has 4 aromatic rings. The van der Waals surface area contributed by atoms with E-state index in [0.29, 0.717) is 35.6 Å². The second-order valence-electron chi connectivity index (χ2n) is 9.42. The lowest BCUT2D eigenvalue weighted by Gasteiger charge is -2.24. The molecule has 1 aliphatic rings. The van der Waals surface area contributed by atoms with Crippen LogP contribution >= 0.6 is 0 Å². The SMILES string of the molecule is Cc1nc2ccc(C#Cc3nn(C4CCN(C(=O)OC(C)(C)C)C4)c4ncnc(N)c34)cc2[nH]1. The Morgan fingerprint density at radius 3 is 2.88 bits per heavy atom. The van der Waals surface area contributed by atoms with Crippen molar-refractivity contribution in [3.63, 3.8) is 0 Å². The summed E-state index contributed by atoms with van der Waals surface area (Å²) in [6, 6.07) is 5.74. The molecule has 3 N–H and O–H groups in total. The topological polar surface area (TPSA) is 128 Å². The summed E-state index contributed by atoms with van der Waals surface area (Å²) in [5.41, 5.74) is 9.40. The van der Waals surface area contributed by atoms with Crippen LogP contribution in [0.25, 0.3) is 22.1 Å². The maximum absolute atomic E-state index is 12.5. The second-order valence-corrected chi connectivity index (χ2v) is 9.42. The van der Waals surface area contributed by atoms with Gasteiger partial charge in [0.2, 0.25) is 0 Å². The molecule has 10 heteroatoms. The number of H-pyrrole nitrogens is 1. The Kier molecular flexibility index (Phi) is 5.12. The highest BCUT2D eigenvalue weighted by Gasteiger charge is 2.32. The standard InChI is InChI=1S/C24H26N8O2/c1-14-28-17-7-5-15(11-19(17)29-14)6-8-18-20-21(25)26-13-27-22(20)32(30-18)16-9-10-31(12-16)23(33)34-24(2,3)4/h5,7,11,13,16H,9-10,12H2,1-4H3,(H,28,29)(H2,25,26,27). The van der Waals surface area contributed by atoms with Crippen molar-refractivity contribution in [2.75, 3.05) is 18.8 Å². The fourth-order valence-electron chi connectivity index (χ4n) is 4.12. The number of nitrogens with two attached hydrogens (primary N) is 1. The molecule has 174 valence electrons. The molecular weight excluding hydrogens is 432 g/mol. The number of fused-ring (bicyclic) bond motifs is 2. The Morgan fingerprint density at radius 1 is 1.26 bits per heavy atom. The molecule has 0 radical (unpaired) electrons. The van der Waals surface area contributed by atoms with Crippen molar-refractivity contribution >= 4 is 34.0 Å². The number of benzene rings is 1. The third kappa shape index (κ3) is 4.12. The van der Waals surface area contributed by atoms with E-state index in [1.54, 1.807) is 4.90 Å². The molecule has 1 saturated heterocycles. The summed E-state index contributed by atoms with van der Waals surface area (Å²) in [6.07, 6.45) is 1.81. The molecule has 1 amide bonds. The minimum Gasteiger partial charge on any atom is -0.444 e. The van der Waals surface area contributed by atoms with Gasteiger partial charge >= 0.3 is 6.09 Å². The average molecular weight is 459 g/mol. The predicted octanol–water partition coefficient (Wildman–Crippen LogP) is 3.17. The van der Waals surface area contributed by atoms with Gasteiger partial charge in [-0.25, -0.2) is 24.4 Å². The van der Waals surface area contributed by atoms with Crippen molar-refractivity contribution in [1.29, 1.82) is 0 Å². The van der Waals surface area contributed by atoms with Gasteiger partial charge in [-0.1, -0.05) is 5.92 Å². The van der Waals surface area contributed by atoms with Crippen LogP contribution in [0.1, 0.15) is 50.3 Å².